The minimum atomic E-state index is 0.306. The lowest BCUT2D eigenvalue weighted by Crippen LogP contribution is -1.94. The first kappa shape index (κ1) is 3.12. The van der Waals surface area contributed by atoms with E-state index in [1.807, 2.05) is 0 Å². The Morgan fingerprint density at radius 3 is 2.60 bits per heavy atom. The van der Waals surface area contributed by atoms with Crippen molar-refractivity contribution < 1.29 is 5.11 Å². The van der Waals surface area contributed by atoms with Crippen molar-refractivity contribution in [2.24, 2.45) is 0 Å². The van der Waals surface area contributed by atoms with Crippen molar-refractivity contribution in [3.05, 3.63) is 0 Å². The summed E-state index contributed by atoms with van der Waals surface area (Å²) < 4.78 is 0. The lowest BCUT2D eigenvalue weighted by molar-refractivity contribution is 0.297. The normalized spacial score (nSPS) is 34.2. The number of hydrogen-bond donors (Lipinski definition) is 2. The minimum absolute atomic E-state index is 0.306. The molecule has 1 heterocycles. The van der Waals surface area contributed by atoms with E-state index in [4.69, 9.17) is 5.11 Å². The Labute approximate surface area is 30.8 Å². The quantitative estimate of drug-likeness (QED) is 0.389. The van der Waals surface area contributed by atoms with Crippen LogP contribution in [0.5, 0.6) is 0 Å². The molecule has 2 nitrogen and oxygen atoms in total. The van der Waals surface area contributed by atoms with E-state index in [9.17, 15) is 0 Å². The molecule has 0 aromatic rings. The van der Waals surface area contributed by atoms with Crippen molar-refractivity contribution in [3.8, 4) is 0 Å². The van der Waals surface area contributed by atoms with Crippen LogP contribution in [0.1, 0.15) is 0 Å². The van der Waals surface area contributed by atoms with Crippen LogP contribution in [0.2, 0.25) is 0 Å². The third-order valence-corrected chi connectivity index (χ3v) is 0.713. The van der Waals surface area contributed by atoms with Crippen molar-refractivity contribution in [1.29, 1.82) is 0 Å². The first-order valence-electron chi connectivity index (χ1n) is 1.77. The Morgan fingerprint density at radius 2 is 2.60 bits per heavy atom. The number of rotatable bonds is 1. The van der Waals surface area contributed by atoms with Crippen molar-refractivity contribution in [2.45, 2.75) is 6.04 Å². The highest BCUT2D eigenvalue weighted by molar-refractivity contribution is 4.81. The fourth-order valence-corrected chi connectivity index (χ4v) is 0.212. The van der Waals surface area contributed by atoms with Gasteiger partial charge in [-0.15, -0.1) is 0 Å². The fourth-order valence-electron chi connectivity index (χ4n) is 0.212. The van der Waals surface area contributed by atoms with E-state index in [1.165, 1.54) is 0 Å². The molecule has 0 aromatic carbocycles. The van der Waals surface area contributed by atoms with Crippen molar-refractivity contribution in [3.63, 3.8) is 0 Å². The number of aliphatic hydroxyl groups is 1. The molecule has 0 spiro atoms. The van der Waals surface area contributed by atoms with Crippen LogP contribution in [-0.2, 0) is 0 Å². The number of hydrogen-bond acceptors (Lipinski definition) is 2. The smallest absolute Gasteiger partial charge is 0.0597 e. The van der Waals surface area contributed by atoms with Crippen molar-refractivity contribution >= 4 is 0 Å². The van der Waals surface area contributed by atoms with Gasteiger partial charge in [-0.1, -0.05) is 0 Å². The molecule has 1 atom stereocenters. The first-order chi connectivity index (χ1) is 2.43. The third kappa shape index (κ3) is 0.597. The standard InChI is InChI=1S/C3H7NO/c5-2-3-1-4-3/h3-5H,1-2H2/t3-/m0/s1. The zero-order valence-corrected chi connectivity index (χ0v) is 2.94. The van der Waals surface area contributed by atoms with E-state index in [0.29, 0.717) is 12.6 Å². The lowest BCUT2D eigenvalue weighted by Gasteiger charge is -1.72. The van der Waals surface area contributed by atoms with Gasteiger partial charge in [0.25, 0.3) is 0 Å². The van der Waals surface area contributed by atoms with E-state index in [2.05, 4.69) is 5.32 Å². The highest BCUT2D eigenvalue weighted by Crippen LogP contribution is 1.90. The summed E-state index contributed by atoms with van der Waals surface area (Å²) in [7, 11) is 0. The monoisotopic (exact) mass is 73.1 g/mol. The molecule has 1 rings (SSSR count). The molecule has 0 bridgehead atoms. The average Bonchev–Trinajstić information content (AvgIpc) is 2.12. The van der Waals surface area contributed by atoms with E-state index >= 15 is 0 Å². The summed E-state index contributed by atoms with van der Waals surface area (Å²) >= 11 is 0. The zero-order valence-electron chi connectivity index (χ0n) is 2.94. The van der Waals surface area contributed by atoms with Gasteiger partial charge in [-0.25, -0.2) is 0 Å². The summed E-state index contributed by atoms with van der Waals surface area (Å²) in [6, 6.07) is 0.440. The predicted octanol–water partition coefficient (Wildman–Crippen LogP) is -1.05. The molecular formula is C3H7NO. The molecule has 1 fully saturated rings. The topological polar surface area (TPSA) is 42.2 Å². The molecule has 0 amide bonds. The van der Waals surface area contributed by atoms with Crippen LogP contribution in [0, 0.1) is 0 Å². The molecule has 1 aliphatic heterocycles. The Hall–Kier alpha value is -0.0800. The maximum atomic E-state index is 8.14. The molecule has 1 aliphatic rings. The van der Waals surface area contributed by atoms with E-state index < -0.39 is 0 Å². The molecule has 30 valence electrons. The predicted molar refractivity (Wildman–Crippen MR) is 18.9 cm³/mol. The van der Waals surface area contributed by atoms with Crippen molar-refractivity contribution in [1.82, 2.24) is 5.32 Å². The van der Waals surface area contributed by atoms with E-state index in [-0.39, 0.29) is 0 Å². The van der Waals surface area contributed by atoms with E-state index in [1.54, 1.807) is 0 Å². The van der Waals surface area contributed by atoms with E-state index in [0.717, 1.165) is 6.54 Å². The van der Waals surface area contributed by atoms with Crippen LogP contribution in [0.25, 0.3) is 0 Å². The molecule has 2 heteroatoms. The van der Waals surface area contributed by atoms with Gasteiger partial charge in [-0.3, -0.25) is 0 Å². The molecule has 0 unspecified atom stereocenters. The maximum Gasteiger partial charge on any atom is 0.0597 e. The Morgan fingerprint density at radius 1 is 2.00 bits per heavy atom. The molecule has 0 saturated carbocycles. The highest BCUT2D eigenvalue weighted by Gasteiger charge is 2.16. The zero-order chi connectivity index (χ0) is 3.70. The van der Waals surface area contributed by atoms with Crippen LogP contribution < -0.4 is 5.32 Å². The van der Waals surface area contributed by atoms with Gasteiger partial charge in [0.15, 0.2) is 0 Å². The largest absolute Gasteiger partial charge is 0.395 e. The summed E-state index contributed by atoms with van der Waals surface area (Å²) in [5.74, 6) is 0. The summed E-state index contributed by atoms with van der Waals surface area (Å²) in [4.78, 5) is 0. The summed E-state index contributed by atoms with van der Waals surface area (Å²) in [6.07, 6.45) is 0. The van der Waals surface area contributed by atoms with Gasteiger partial charge in [0.2, 0.25) is 0 Å². The summed E-state index contributed by atoms with van der Waals surface area (Å²) in [6.45, 7) is 1.32. The first-order valence-corrected chi connectivity index (χ1v) is 1.77. The minimum Gasteiger partial charge on any atom is -0.395 e. The van der Waals surface area contributed by atoms with Gasteiger partial charge in [-0.2, -0.15) is 0 Å². The van der Waals surface area contributed by atoms with Gasteiger partial charge in [0.1, 0.15) is 0 Å². The van der Waals surface area contributed by atoms with Gasteiger partial charge >= 0.3 is 0 Å². The Bertz CT molecular complexity index is 33.9. The van der Waals surface area contributed by atoms with Crippen LogP contribution in [-0.4, -0.2) is 24.3 Å². The number of nitrogens with one attached hydrogen (secondary N) is 1. The molecule has 2 N–H and O–H groups in total. The van der Waals surface area contributed by atoms with Gasteiger partial charge < -0.3 is 10.4 Å². The Kier molecular flexibility index (Phi) is 0.596. The van der Waals surface area contributed by atoms with Crippen LogP contribution in [0.15, 0.2) is 0 Å². The molecule has 0 radical (unpaired) electrons. The molecular weight excluding hydrogens is 66.0 g/mol. The fraction of sp³-hybridized carbons (Fsp3) is 1.00. The molecule has 5 heavy (non-hydrogen) atoms. The maximum absolute atomic E-state index is 8.14. The third-order valence-electron chi connectivity index (χ3n) is 0.713. The van der Waals surface area contributed by atoms with Gasteiger partial charge in [-0.05, 0) is 0 Å². The lowest BCUT2D eigenvalue weighted by atomic mass is 10.5. The van der Waals surface area contributed by atoms with Gasteiger partial charge in [0, 0.05) is 12.6 Å². The van der Waals surface area contributed by atoms with Crippen LogP contribution in [0.3, 0.4) is 0 Å². The second-order valence-electron chi connectivity index (χ2n) is 1.29. The highest BCUT2D eigenvalue weighted by atomic mass is 16.3. The second kappa shape index (κ2) is 0.954. The summed E-state index contributed by atoms with van der Waals surface area (Å²) in [5.41, 5.74) is 0. The molecule has 0 aliphatic carbocycles. The van der Waals surface area contributed by atoms with Gasteiger partial charge in [0.05, 0.1) is 6.61 Å². The molecule has 1 saturated heterocycles. The Balaban J connectivity index is 2.00. The molecule has 0 aromatic heterocycles. The average molecular weight is 73.1 g/mol. The summed E-state index contributed by atoms with van der Waals surface area (Å²) in [5, 5.41) is 11.1. The second-order valence-corrected chi connectivity index (χ2v) is 1.29. The SMILES string of the molecule is OC[C@@H]1CN1. The van der Waals surface area contributed by atoms with Crippen LogP contribution in [0.4, 0.5) is 0 Å². The van der Waals surface area contributed by atoms with Crippen molar-refractivity contribution in [2.75, 3.05) is 13.2 Å². The van der Waals surface area contributed by atoms with Crippen LogP contribution >= 0.6 is 0 Å². The number of aliphatic hydroxyl groups excluding tert-OH is 1.